The highest BCUT2D eigenvalue weighted by Gasteiger charge is 2.51. The van der Waals surface area contributed by atoms with Crippen molar-refractivity contribution in [2.45, 2.75) is 58.5 Å². The second-order valence-corrected chi connectivity index (χ2v) is 10.7. The van der Waals surface area contributed by atoms with Crippen LogP contribution in [0.5, 0.6) is 0 Å². The van der Waals surface area contributed by atoms with Gasteiger partial charge in [-0.2, -0.15) is 0 Å². The van der Waals surface area contributed by atoms with Gasteiger partial charge in [0.2, 0.25) is 5.91 Å². The van der Waals surface area contributed by atoms with Gasteiger partial charge in [0.15, 0.2) is 0 Å². The van der Waals surface area contributed by atoms with E-state index >= 15 is 0 Å². The summed E-state index contributed by atoms with van der Waals surface area (Å²) in [5, 5.41) is 12.5. The molecule has 2 aliphatic rings. The Balaban J connectivity index is 1.45. The molecule has 2 amide bonds. The summed E-state index contributed by atoms with van der Waals surface area (Å²) in [5.41, 5.74) is 2.50. The second-order valence-electron chi connectivity index (χ2n) is 10.7. The quantitative estimate of drug-likeness (QED) is 0.630. The number of alkyl carbamates (subject to hydrolysis) is 1. The molecule has 2 unspecified atom stereocenters. The molecule has 0 spiro atoms. The molecule has 1 aliphatic heterocycles. The standard InChI is InChI=1S/C28H34N2O5/c1-17-14-15-30(23(17)24(31)32)25(33)27(2,3)28(4,5)29-26(34)35-16-22-20-12-8-6-10-18(20)19-11-7-9-13-21(19)22/h6-13,17,22-23H,14-16H2,1-5H3,(H,29,34)(H,31,32). The zero-order valence-corrected chi connectivity index (χ0v) is 21.0. The second kappa shape index (κ2) is 9.02. The lowest BCUT2D eigenvalue weighted by molar-refractivity contribution is -0.155. The van der Waals surface area contributed by atoms with Crippen LogP contribution in [0.3, 0.4) is 0 Å². The number of nitrogens with zero attached hydrogens (tertiary/aromatic N) is 1. The number of benzene rings is 2. The number of rotatable bonds is 6. The van der Waals surface area contributed by atoms with Crippen molar-refractivity contribution in [3.63, 3.8) is 0 Å². The lowest BCUT2D eigenvalue weighted by atomic mass is 9.73. The Morgan fingerprint density at radius 3 is 2.09 bits per heavy atom. The average molecular weight is 479 g/mol. The summed E-state index contributed by atoms with van der Waals surface area (Å²) in [5.74, 6) is -1.47. The molecule has 2 aromatic rings. The fourth-order valence-corrected chi connectivity index (χ4v) is 5.22. The van der Waals surface area contributed by atoms with Crippen molar-refractivity contribution in [2.24, 2.45) is 11.3 Å². The fraction of sp³-hybridized carbons (Fsp3) is 0.464. The molecule has 0 bridgehead atoms. The number of aliphatic carboxylic acids is 1. The van der Waals surface area contributed by atoms with E-state index in [1.54, 1.807) is 27.7 Å². The van der Waals surface area contributed by atoms with E-state index in [2.05, 4.69) is 29.6 Å². The Morgan fingerprint density at radius 1 is 1.00 bits per heavy atom. The molecule has 0 radical (unpaired) electrons. The summed E-state index contributed by atoms with van der Waals surface area (Å²) in [6.07, 6.45) is 0.0289. The number of likely N-dealkylation sites (tertiary alicyclic amines) is 1. The molecule has 7 nitrogen and oxygen atoms in total. The molecular formula is C28H34N2O5. The first kappa shape index (κ1) is 24.8. The van der Waals surface area contributed by atoms with E-state index in [9.17, 15) is 19.5 Å². The number of fused-ring (bicyclic) bond motifs is 3. The Hall–Kier alpha value is -3.35. The third-order valence-electron chi connectivity index (χ3n) is 8.07. The van der Waals surface area contributed by atoms with Crippen molar-refractivity contribution >= 4 is 18.0 Å². The monoisotopic (exact) mass is 478 g/mol. The SMILES string of the molecule is CC1CCN(C(=O)C(C)(C)C(C)(C)NC(=O)OCC2c3ccccc3-c3ccccc32)C1C(=O)O. The van der Waals surface area contributed by atoms with Gasteiger partial charge in [0, 0.05) is 12.5 Å². The predicted octanol–water partition coefficient (Wildman–Crippen LogP) is 4.65. The summed E-state index contributed by atoms with van der Waals surface area (Å²) in [7, 11) is 0. The van der Waals surface area contributed by atoms with Crippen molar-refractivity contribution in [2.75, 3.05) is 13.2 Å². The number of carbonyl (C=O) groups is 3. The summed E-state index contributed by atoms with van der Waals surface area (Å²) < 4.78 is 5.68. The summed E-state index contributed by atoms with van der Waals surface area (Å²) in [4.78, 5) is 39.6. The largest absolute Gasteiger partial charge is 0.480 e. The van der Waals surface area contributed by atoms with Crippen LogP contribution in [0.1, 0.15) is 58.1 Å². The minimum Gasteiger partial charge on any atom is -0.480 e. The van der Waals surface area contributed by atoms with Crippen LogP contribution < -0.4 is 5.32 Å². The molecule has 2 atom stereocenters. The minimum atomic E-state index is -1.06. The number of nitrogens with one attached hydrogen (secondary N) is 1. The van der Waals surface area contributed by atoms with Crippen molar-refractivity contribution < 1.29 is 24.2 Å². The van der Waals surface area contributed by atoms with E-state index in [4.69, 9.17) is 4.74 Å². The number of hydrogen-bond acceptors (Lipinski definition) is 4. The molecule has 7 heteroatoms. The molecule has 0 saturated carbocycles. The highest BCUT2D eigenvalue weighted by Crippen LogP contribution is 2.44. The van der Waals surface area contributed by atoms with E-state index in [0.29, 0.717) is 13.0 Å². The molecule has 1 saturated heterocycles. The number of ether oxygens (including phenoxy) is 1. The predicted molar refractivity (Wildman–Crippen MR) is 133 cm³/mol. The van der Waals surface area contributed by atoms with Gasteiger partial charge in [0.1, 0.15) is 12.6 Å². The maximum absolute atomic E-state index is 13.5. The van der Waals surface area contributed by atoms with Gasteiger partial charge in [0.05, 0.1) is 11.0 Å². The van der Waals surface area contributed by atoms with E-state index < -0.39 is 29.1 Å². The highest BCUT2D eigenvalue weighted by atomic mass is 16.5. The first-order chi connectivity index (χ1) is 16.5. The third kappa shape index (κ3) is 4.28. The number of amides is 2. The number of carbonyl (C=O) groups excluding carboxylic acids is 2. The molecule has 4 rings (SSSR count). The smallest absolute Gasteiger partial charge is 0.407 e. The van der Waals surface area contributed by atoms with Crippen LogP contribution in [-0.2, 0) is 14.3 Å². The van der Waals surface area contributed by atoms with Crippen molar-refractivity contribution in [3.05, 3.63) is 59.7 Å². The Kier molecular flexibility index (Phi) is 6.38. The van der Waals surface area contributed by atoms with Crippen LogP contribution in [-0.4, -0.2) is 52.7 Å². The van der Waals surface area contributed by atoms with E-state index in [1.165, 1.54) is 4.90 Å². The third-order valence-corrected chi connectivity index (χ3v) is 8.07. The lowest BCUT2D eigenvalue weighted by Gasteiger charge is -2.43. The van der Waals surface area contributed by atoms with Crippen molar-refractivity contribution in [1.82, 2.24) is 10.2 Å². The molecule has 0 aromatic heterocycles. The summed E-state index contributed by atoms with van der Waals surface area (Å²) in [6.45, 7) is 9.42. The van der Waals surface area contributed by atoms with Gasteiger partial charge in [0.25, 0.3) is 0 Å². The number of hydrogen-bond donors (Lipinski definition) is 2. The van der Waals surface area contributed by atoms with Crippen molar-refractivity contribution in [3.8, 4) is 11.1 Å². The molecule has 2 N–H and O–H groups in total. The Labute approximate surface area is 206 Å². The molecule has 1 aliphatic carbocycles. The van der Waals surface area contributed by atoms with Crippen LogP contribution in [0.2, 0.25) is 0 Å². The van der Waals surface area contributed by atoms with Crippen LogP contribution in [0, 0.1) is 11.3 Å². The maximum Gasteiger partial charge on any atom is 0.407 e. The van der Waals surface area contributed by atoms with Gasteiger partial charge >= 0.3 is 12.1 Å². The Morgan fingerprint density at radius 2 is 1.54 bits per heavy atom. The lowest BCUT2D eigenvalue weighted by Crippen LogP contribution is -2.61. The zero-order chi connectivity index (χ0) is 25.5. The van der Waals surface area contributed by atoms with E-state index in [1.807, 2.05) is 31.2 Å². The van der Waals surface area contributed by atoms with Gasteiger partial charge in [-0.05, 0) is 62.3 Å². The summed E-state index contributed by atoms with van der Waals surface area (Å²) in [6, 6.07) is 15.4. The topological polar surface area (TPSA) is 95.9 Å². The van der Waals surface area contributed by atoms with Gasteiger partial charge in [-0.1, -0.05) is 55.5 Å². The minimum absolute atomic E-state index is 0.0617. The van der Waals surface area contributed by atoms with Crippen LogP contribution in [0.15, 0.2) is 48.5 Å². The summed E-state index contributed by atoms with van der Waals surface area (Å²) >= 11 is 0. The maximum atomic E-state index is 13.5. The van der Waals surface area contributed by atoms with E-state index in [0.717, 1.165) is 22.3 Å². The number of carboxylic acids is 1. The highest BCUT2D eigenvalue weighted by molar-refractivity contribution is 5.89. The van der Waals surface area contributed by atoms with Crippen molar-refractivity contribution in [1.29, 1.82) is 0 Å². The first-order valence-electron chi connectivity index (χ1n) is 12.1. The molecular weight excluding hydrogens is 444 g/mol. The van der Waals surface area contributed by atoms with E-state index in [-0.39, 0.29) is 24.3 Å². The van der Waals surface area contributed by atoms with Crippen LogP contribution in [0.4, 0.5) is 4.79 Å². The first-order valence-corrected chi connectivity index (χ1v) is 12.1. The normalized spacial score (nSPS) is 19.7. The van der Waals surface area contributed by atoms with Gasteiger partial charge < -0.3 is 20.1 Å². The van der Waals surface area contributed by atoms with Gasteiger partial charge in [-0.25, -0.2) is 9.59 Å². The number of carboxylic acid groups (broad SMARTS) is 1. The molecule has 186 valence electrons. The zero-order valence-electron chi connectivity index (χ0n) is 21.0. The van der Waals surface area contributed by atoms with Crippen LogP contribution >= 0.6 is 0 Å². The molecule has 1 fully saturated rings. The van der Waals surface area contributed by atoms with Gasteiger partial charge in [-0.3, -0.25) is 4.79 Å². The van der Waals surface area contributed by atoms with Gasteiger partial charge in [-0.15, -0.1) is 0 Å². The Bertz CT molecular complexity index is 1110. The van der Waals surface area contributed by atoms with Crippen LogP contribution in [0.25, 0.3) is 11.1 Å². The molecule has 1 heterocycles. The fourth-order valence-electron chi connectivity index (χ4n) is 5.22. The average Bonchev–Trinajstić information content (AvgIpc) is 3.35. The molecule has 2 aromatic carbocycles. The molecule has 35 heavy (non-hydrogen) atoms.